The van der Waals surface area contributed by atoms with Gasteiger partial charge in [-0.25, -0.2) is 14.0 Å². The number of nitrogens with one attached hydrogen (secondary N) is 2. The Morgan fingerprint density at radius 1 is 1.33 bits per heavy atom. The number of urea groups is 1. The third-order valence-corrected chi connectivity index (χ3v) is 2.15. The molecule has 0 spiro atoms. The van der Waals surface area contributed by atoms with E-state index in [-0.39, 0.29) is 24.3 Å². The van der Waals surface area contributed by atoms with Crippen LogP contribution in [0.1, 0.15) is 10.4 Å². The molecule has 18 heavy (non-hydrogen) atoms. The highest BCUT2D eigenvalue weighted by atomic mass is 19.1. The van der Waals surface area contributed by atoms with E-state index in [0.717, 1.165) is 6.07 Å². The van der Waals surface area contributed by atoms with Crippen LogP contribution in [0.5, 0.6) is 0 Å². The molecule has 1 rings (SSSR count). The molecule has 0 atom stereocenters. The number of carbonyl (C=O) groups excluding carboxylic acids is 1. The van der Waals surface area contributed by atoms with Crippen molar-refractivity contribution in [1.29, 1.82) is 0 Å². The maximum Gasteiger partial charge on any atom is 0.340 e. The molecule has 0 aromatic heterocycles. The summed E-state index contributed by atoms with van der Waals surface area (Å²) in [6.07, 6.45) is 0. The Balaban J connectivity index is 2.79. The summed E-state index contributed by atoms with van der Waals surface area (Å²) >= 11 is 0. The van der Waals surface area contributed by atoms with Crippen molar-refractivity contribution in [2.45, 2.75) is 0 Å². The number of hydrogen-bond donors (Lipinski definition) is 5. The first-order chi connectivity index (χ1) is 8.43. The average molecular weight is 256 g/mol. The number of nitrogen functional groups attached to an aromatic ring is 1. The molecule has 7 nitrogen and oxygen atoms in total. The van der Waals surface area contributed by atoms with Crippen LogP contribution in [0.3, 0.4) is 0 Å². The first-order valence-corrected chi connectivity index (χ1v) is 5.02. The number of benzene rings is 1. The minimum absolute atomic E-state index is 0.174. The van der Waals surface area contributed by atoms with E-state index >= 15 is 0 Å². The Kier molecular flexibility index (Phi) is 4.30. The molecular weight excluding hydrogens is 243 g/mol. The second kappa shape index (κ2) is 5.71. The number of carboxylic acids is 1. The molecule has 2 amide bonds. The molecule has 0 aliphatic heterocycles. The lowest BCUT2D eigenvalue weighted by Gasteiger charge is -2.12. The minimum Gasteiger partial charge on any atom is -0.478 e. The fourth-order valence-corrected chi connectivity index (χ4v) is 1.35. The van der Waals surface area contributed by atoms with Gasteiger partial charge in [0.25, 0.3) is 0 Å². The number of halogens is 1. The predicted octanol–water partition coefficient (Wildman–Crippen LogP) is 0.186. The molecule has 98 valence electrons. The smallest absolute Gasteiger partial charge is 0.340 e. The van der Waals surface area contributed by atoms with Crippen LogP contribution in [-0.4, -0.2) is 30.2 Å². The number of rotatable bonds is 5. The third kappa shape index (κ3) is 3.24. The zero-order valence-electron chi connectivity index (χ0n) is 9.37. The number of carbonyl (C=O) groups is 2. The van der Waals surface area contributed by atoms with Crippen LogP contribution < -0.4 is 22.1 Å². The number of carboxylic acid groups (broad SMARTS) is 1. The van der Waals surface area contributed by atoms with Crippen LogP contribution in [-0.2, 0) is 0 Å². The molecule has 1 aromatic carbocycles. The van der Waals surface area contributed by atoms with Crippen molar-refractivity contribution >= 4 is 23.4 Å². The quantitative estimate of drug-likeness (QED) is 0.379. The van der Waals surface area contributed by atoms with Gasteiger partial charge in [-0.3, -0.25) is 0 Å². The Labute approximate surface area is 102 Å². The Morgan fingerprint density at radius 3 is 2.56 bits per heavy atom. The average Bonchev–Trinajstić information content (AvgIpc) is 2.28. The van der Waals surface area contributed by atoms with Crippen molar-refractivity contribution in [2.24, 2.45) is 5.73 Å². The van der Waals surface area contributed by atoms with Crippen molar-refractivity contribution < 1.29 is 19.1 Å². The van der Waals surface area contributed by atoms with Crippen LogP contribution in [0.4, 0.5) is 20.6 Å². The molecule has 0 saturated carbocycles. The molecule has 0 fully saturated rings. The lowest BCUT2D eigenvalue weighted by Crippen LogP contribution is -2.33. The zero-order chi connectivity index (χ0) is 13.7. The van der Waals surface area contributed by atoms with Gasteiger partial charge in [0.15, 0.2) is 0 Å². The van der Waals surface area contributed by atoms with E-state index in [0.29, 0.717) is 0 Å². The second-order valence-corrected chi connectivity index (χ2v) is 3.41. The number of nitrogens with two attached hydrogens (primary N) is 2. The van der Waals surface area contributed by atoms with Crippen LogP contribution in [0, 0.1) is 5.82 Å². The SMILES string of the molecule is NC(=O)NCCNc1ccc(F)c(N)c1C(=O)O. The molecule has 0 aliphatic rings. The number of hydrogen-bond acceptors (Lipinski definition) is 4. The van der Waals surface area contributed by atoms with Crippen molar-refractivity contribution in [3.63, 3.8) is 0 Å². The van der Waals surface area contributed by atoms with Crippen LogP contribution in [0.25, 0.3) is 0 Å². The molecular formula is C10H13FN4O3. The van der Waals surface area contributed by atoms with Gasteiger partial charge in [0.1, 0.15) is 11.4 Å². The molecule has 0 saturated heterocycles. The maximum atomic E-state index is 13.1. The van der Waals surface area contributed by atoms with Crippen molar-refractivity contribution in [1.82, 2.24) is 5.32 Å². The molecule has 1 aromatic rings. The van der Waals surface area contributed by atoms with Gasteiger partial charge in [-0.05, 0) is 12.1 Å². The maximum absolute atomic E-state index is 13.1. The van der Waals surface area contributed by atoms with Crippen LogP contribution in [0.15, 0.2) is 12.1 Å². The molecule has 0 radical (unpaired) electrons. The van der Waals surface area contributed by atoms with Crippen molar-refractivity contribution in [2.75, 3.05) is 24.1 Å². The van der Waals surface area contributed by atoms with Gasteiger partial charge in [-0.2, -0.15) is 0 Å². The second-order valence-electron chi connectivity index (χ2n) is 3.41. The normalized spacial score (nSPS) is 9.83. The minimum atomic E-state index is -1.34. The van der Waals surface area contributed by atoms with Gasteiger partial charge in [0.05, 0.1) is 11.4 Å². The van der Waals surface area contributed by atoms with E-state index in [9.17, 15) is 14.0 Å². The number of aromatic carboxylic acids is 1. The van der Waals surface area contributed by atoms with Gasteiger partial charge in [0.2, 0.25) is 0 Å². The van der Waals surface area contributed by atoms with Gasteiger partial charge in [-0.1, -0.05) is 0 Å². The lowest BCUT2D eigenvalue weighted by molar-refractivity contribution is 0.0698. The summed E-state index contributed by atoms with van der Waals surface area (Å²) in [6.45, 7) is 0.431. The van der Waals surface area contributed by atoms with Crippen LogP contribution in [0.2, 0.25) is 0 Å². The van der Waals surface area contributed by atoms with Crippen molar-refractivity contribution in [3.05, 3.63) is 23.5 Å². The third-order valence-electron chi connectivity index (χ3n) is 2.15. The monoisotopic (exact) mass is 256 g/mol. The van der Waals surface area contributed by atoms with E-state index in [1.54, 1.807) is 0 Å². The molecule has 0 aliphatic carbocycles. The van der Waals surface area contributed by atoms with Gasteiger partial charge >= 0.3 is 12.0 Å². The Morgan fingerprint density at radius 2 is 2.00 bits per heavy atom. The summed E-state index contributed by atoms with van der Waals surface area (Å²) in [5.41, 5.74) is 9.60. The first-order valence-electron chi connectivity index (χ1n) is 5.02. The van der Waals surface area contributed by atoms with E-state index in [2.05, 4.69) is 10.6 Å². The summed E-state index contributed by atoms with van der Waals surface area (Å²) in [4.78, 5) is 21.4. The molecule has 0 bridgehead atoms. The van der Waals surface area contributed by atoms with Gasteiger partial charge < -0.3 is 27.2 Å². The summed E-state index contributed by atoms with van der Waals surface area (Å²) in [6, 6.07) is 1.64. The summed E-state index contributed by atoms with van der Waals surface area (Å²) in [5.74, 6) is -2.13. The number of anilines is 2. The highest BCUT2D eigenvalue weighted by Gasteiger charge is 2.16. The first kappa shape index (κ1) is 13.6. The molecule has 8 heteroatoms. The number of amides is 2. The van der Waals surface area contributed by atoms with E-state index in [1.807, 2.05) is 0 Å². The van der Waals surface area contributed by atoms with Crippen molar-refractivity contribution in [3.8, 4) is 0 Å². The highest BCUT2D eigenvalue weighted by molar-refractivity contribution is 6.00. The molecule has 7 N–H and O–H groups in total. The largest absolute Gasteiger partial charge is 0.478 e. The topological polar surface area (TPSA) is 130 Å². The predicted molar refractivity (Wildman–Crippen MR) is 63.8 cm³/mol. The molecule has 0 unspecified atom stereocenters. The van der Waals surface area contributed by atoms with E-state index in [1.165, 1.54) is 6.07 Å². The van der Waals surface area contributed by atoms with Gasteiger partial charge in [-0.15, -0.1) is 0 Å². The van der Waals surface area contributed by atoms with Gasteiger partial charge in [0, 0.05) is 13.1 Å². The summed E-state index contributed by atoms with van der Waals surface area (Å²) in [5, 5.41) is 14.0. The fraction of sp³-hybridized carbons (Fsp3) is 0.200. The van der Waals surface area contributed by atoms with Crippen LogP contribution >= 0.6 is 0 Å². The Bertz CT molecular complexity index is 478. The Hall–Kier alpha value is -2.51. The zero-order valence-corrected chi connectivity index (χ0v) is 9.37. The van der Waals surface area contributed by atoms with E-state index in [4.69, 9.17) is 16.6 Å². The summed E-state index contributed by atoms with van der Waals surface area (Å²) < 4.78 is 13.1. The standard InChI is InChI=1S/C10H13FN4O3/c11-5-1-2-6(7(8(5)12)9(16)17)14-3-4-15-10(13)18/h1-2,14H,3-4,12H2,(H,16,17)(H3,13,15,18). The highest BCUT2D eigenvalue weighted by Crippen LogP contribution is 2.24. The lowest BCUT2D eigenvalue weighted by atomic mass is 10.1. The summed E-state index contributed by atoms with van der Waals surface area (Å²) in [7, 11) is 0. The molecule has 0 heterocycles. The fourth-order valence-electron chi connectivity index (χ4n) is 1.35. The number of primary amides is 1. The van der Waals surface area contributed by atoms with E-state index < -0.39 is 23.5 Å².